The Hall–Kier alpha value is -1.10. The lowest BCUT2D eigenvalue weighted by Crippen LogP contribution is -2.55. The normalized spacial score (nSPS) is 25.9. The highest BCUT2D eigenvalue weighted by Crippen LogP contribution is 2.24. The number of carbonyl (C=O) groups excluding carboxylic acids is 1. The highest BCUT2D eigenvalue weighted by Gasteiger charge is 2.40. The van der Waals surface area contributed by atoms with Crippen LogP contribution in [0.3, 0.4) is 0 Å². The molecule has 1 amide bonds. The van der Waals surface area contributed by atoms with Gasteiger partial charge in [0.05, 0.1) is 6.04 Å². The van der Waals surface area contributed by atoms with Crippen LogP contribution < -0.4 is 0 Å². The summed E-state index contributed by atoms with van der Waals surface area (Å²) in [6, 6.07) is -0.774. The summed E-state index contributed by atoms with van der Waals surface area (Å²) in [6.45, 7) is 6.62. The molecule has 0 saturated carbocycles. The highest BCUT2D eigenvalue weighted by molar-refractivity contribution is 5.87. The van der Waals surface area contributed by atoms with Crippen LogP contribution in [0.2, 0.25) is 0 Å². The van der Waals surface area contributed by atoms with E-state index in [9.17, 15) is 14.7 Å². The van der Waals surface area contributed by atoms with Gasteiger partial charge in [0, 0.05) is 6.54 Å². The van der Waals surface area contributed by atoms with Crippen LogP contribution >= 0.6 is 0 Å². The van der Waals surface area contributed by atoms with Gasteiger partial charge in [-0.05, 0) is 44.7 Å². The second kappa shape index (κ2) is 6.57. The van der Waals surface area contributed by atoms with Crippen molar-refractivity contribution in [2.75, 3.05) is 19.6 Å². The summed E-state index contributed by atoms with van der Waals surface area (Å²) >= 11 is 0. The van der Waals surface area contributed by atoms with Crippen molar-refractivity contribution in [2.45, 2.75) is 58.0 Å². The molecular formula is C15H26N2O3. The number of carboxylic acid groups (broad SMARTS) is 1. The Morgan fingerprint density at radius 1 is 1.05 bits per heavy atom. The van der Waals surface area contributed by atoms with Crippen LogP contribution in [-0.4, -0.2) is 58.5 Å². The molecule has 114 valence electrons. The van der Waals surface area contributed by atoms with E-state index >= 15 is 0 Å². The van der Waals surface area contributed by atoms with Crippen molar-refractivity contribution >= 4 is 11.9 Å². The SMILES string of the molecule is CC(C)C(C(=O)N1CCCC1C(=O)O)N1CCCCC1. The summed E-state index contributed by atoms with van der Waals surface area (Å²) in [4.78, 5) is 28.0. The van der Waals surface area contributed by atoms with Crippen LogP contribution in [0.5, 0.6) is 0 Å². The number of hydrogen-bond donors (Lipinski definition) is 1. The van der Waals surface area contributed by atoms with Crippen LogP contribution in [0.1, 0.15) is 46.0 Å². The molecule has 5 nitrogen and oxygen atoms in total. The van der Waals surface area contributed by atoms with Gasteiger partial charge in [0.1, 0.15) is 6.04 Å². The average Bonchev–Trinajstić information content (AvgIpc) is 2.89. The van der Waals surface area contributed by atoms with Gasteiger partial charge in [-0.3, -0.25) is 9.69 Å². The molecule has 2 fully saturated rings. The quantitative estimate of drug-likeness (QED) is 0.850. The highest BCUT2D eigenvalue weighted by atomic mass is 16.4. The van der Waals surface area contributed by atoms with Crippen molar-refractivity contribution in [3.05, 3.63) is 0 Å². The number of aliphatic carboxylic acids is 1. The first kappa shape index (κ1) is 15.3. The molecule has 2 rings (SSSR count). The Morgan fingerprint density at radius 2 is 1.70 bits per heavy atom. The van der Waals surface area contributed by atoms with Gasteiger partial charge in [-0.15, -0.1) is 0 Å². The molecule has 2 unspecified atom stereocenters. The molecule has 1 N–H and O–H groups in total. The number of hydrogen-bond acceptors (Lipinski definition) is 3. The summed E-state index contributed by atoms with van der Waals surface area (Å²) in [7, 11) is 0. The monoisotopic (exact) mass is 282 g/mol. The van der Waals surface area contributed by atoms with Crippen molar-refractivity contribution in [2.24, 2.45) is 5.92 Å². The zero-order chi connectivity index (χ0) is 14.7. The Morgan fingerprint density at radius 3 is 2.25 bits per heavy atom. The van der Waals surface area contributed by atoms with Crippen molar-refractivity contribution < 1.29 is 14.7 Å². The van der Waals surface area contributed by atoms with Gasteiger partial charge in [0.25, 0.3) is 0 Å². The average molecular weight is 282 g/mol. The summed E-state index contributed by atoms with van der Waals surface area (Å²) in [5, 5.41) is 9.26. The fourth-order valence-electron chi connectivity index (χ4n) is 3.52. The van der Waals surface area contributed by atoms with Crippen LogP contribution in [-0.2, 0) is 9.59 Å². The van der Waals surface area contributed by atoms with Crippen molar-refractivity contribution in [3.63, 3.8) is 0 Å². The lowest BCUT2D eigenvalue weighted by Gasteiger charge is -2.38. The third-order valence-corrected chi connectivity index (χ3v) is 4.49. The maximum absolute atomic E-state index is 12.8. The molecule has 0 aliphatic carbocycles. The maximum atomic E-state index is 12.8. The lowest BCUT2D eigenvalue weighted by atomic mass is 9.97. The van der Waals surface area contributed by atoms with E-state index in [4.69, 9.17) is 0 Å². The zero-order valence-electron chi connectivity index (χ0n) is 12.5. The van der Waals surface area contributed by atoms with Crippen molar-refractivity contribution in [1.29, 1.82) is 0 Å². The first-order valence-corrected chi connectivity index (χ1v) is 7.79. The Labute approximate surface area is 120 Å². The zero-order valence-corrected chi connectivity index (χ0v) is 12.5. The van der Waals surface area contributed by atoms with Gasteiger partial charge >= 0.3 is 5.97 Å². The second-order valence-corrected chi connectivity index (χ2v) is 6.31. The molecule has 0 radical (unpaired) electrons. The number of amides is 1. The number of carboxylic acids is 1. The van der Waals surface area contributed by atoms with Gasteiger partial charge in [0.2, 0.25) is 5.91 Å². The minimum Gasteiger partial charge on any atom is -0.480 e. The van der Waals surface area contributed by atoms with Gasteiger partial charge in [-0.1, -0.05) is 20.3 Å². The summed E-state index contributed by atoms with van der Waals surface area (Å²) in [6.07, 6.45) is 4.90. The minimum absolute atomic E-state index is 0.0202. The molecule has 2 aliphatic rings. The summed E-state index contributed by atoms with van der Waals surface area (Å²) in [5.41, 5.74) is 0. The number of rotatable bonds is 4. The first-order chi connectivity index (χ1) is 9.52. The van der Waals surface area contributed by atoms with E-state index in [2.05, 4.69) is 18.7 Å². The molecule has 2 aliphatic heterocycles. The smallest absolute Gasteiger partial charge is 0.326 e. The van der Waals surface area contributed by atoms with E-state index in [1.54, 1.807) is 4.90 Å². The van der Waals surface area contributed by atoms with Gasteiger partial charge < -0.3 is 10.0 Å². The van der Waals surface area contributed by atoms with E-state index in [0.29, 0.717) is 13.0 Å². The first-order valence-electron chi connectivity index (χ1n) is 7.79. The van der Waals surface area contributed by atoms with E-state index in [0.717, 1.165) is 32.4 Å². The summed E-state index contributed by atoms with van der Waals surface area (Å²) < 4.78 is 0. The molecule has 2 heterocycles. The predicted molar refractivity (Wildman–Crippen MR) is 76.4 cm³/mol. The van der Waals surface area contributed by atoms with Crippen LogP contribution in [0.15, 0.2) is 0 Å². The Kier molecular flexibility index (Phi) is 5.02. The molecule has 2 atom stereocenters. The fraction of sp³-hybridized carbons (Fsp3) is 0.867. The van der Waals surface area contributed by atoms with Crippen LogP contribution in [0.4, 0.5) is 0 Å². The van der Waals surface area contributed by atoms with E-state index in [1.165, 1.54) is 6.42 Å². The molecule has 0 aromatic rings. The van der Waals surface area contributed by atoms with Gasteiger partial charge in [0.15, 0.2) is 0 Å². The number of nitrogens with zero attached hydrogens (tertiary/aromatic N) is 2. The van der Waals surface area contributed by atoms with E-state index < -0.39 is 12.0 Å². The van der Waals surface area contributed by atoms with Gasteiger partial charge in [-0.2, -0.15) is 0 Å². The third-order valence-electron chi connectivity index (χ3n) is 4.49. The molecule has 0 aromatic heterocycles. The molecule has 20 heavy (non-hydrogen) atoms. The van der Waals surface area contributed by atoms with E-state index in [-0.39, 0.29) is 17.9 Å². The van der Waals surface area contributed by atoms with E-state index in [1.807, 2.05) is 0 Å². The largest absolute Gasteiger partial charge is 0.480 e. The molecule has 0 bridgehead atoms. The molecule has 2 saturated heterocycles. The molecular weight excluding hydrogens is 256 g/mol. The number of carbonyl (C=O) groups is 2. The number of likely N-dealkylation sites (tertiary alicyclic amines) is 2. The number of piperidine rings is 1. The second-order valence-electron chi connectivity index (χ2n) is 6.31. The molecule has 5 heteroatoms. The standard InChI is InChI=1S/C15H26N2O3/c1-11(2)13(16-8-4-3-5-9-16)14(18)17-10-6-7-12(17)15(19)20/h11-13H,3-10H2,1-2H3,(H,19,20). The van der Waals surface area contributed by atoms with Gasteiger partial charge in [-0.25, -0.2) is 4.79 Å². The van der Waals surface area contributed by atoms with Crippen LogP contribution in [0.25, 0.3) is 0 Å². The summed E-state index contributed by atoms with van der Waals surface area (Å²) in [5.74, 6) is -0.626. The topological polar surface area (TPSA) is 60.9 Å². The minimum atomic E-state index is -0.864. The fourth-order valence-corrected chi connectivity index (χ4v) is 3.52. The molecule has 0 aromatic carbocycles. The van der Waals surface area contributed by atoms with Crippen LogP contribution in [0, 0.1) is 5.92 Å². The maximum Gasteiger partial charge on any atom is 0.326 e. The van der Waals surface area contributed by atoms with Crippen molar-refractivity contribution in [1.82, 2.24) is 9.80 Å². The Balaban J connectivity index is 2.12. The van der Waals surface area contributed by atoms with Crippen molar-refractivity contribution in [3.8, 4) is 0 Å². The Bertz CT molecular complexity index is 364. The third kappa shape index (κ3) is 3.14. The molecule has 0 spiro atoms. The predicted octanol–water partition coefficient (Wildman–Crippen LogP) is 1.57. The lowest BCUT2D eigenvalue weighted by molar-refractivity contribution is -0.151.